The number of aryl methyl sites for hydroxylation is 1. The molecule has 198 valence electrons. The van der Waals surface area contributed by atoms with Gasteiger partial charge in [-0.25, -0.2) is 0 Å². The first-order chi connectivity index (χ1) is 20.8. The molecule has 0 aromatic heterocycles. The Labute approximate surface area is 246 Å². The molecule has 7 aromatic carbocycles. The van der Waals surface area contributed by atoms with Crippen LogP contribution < -0.4 is 4.90 Å². The molecule has 0 spiro atoms. The van der Waals surface area contributed by atoms with Crippen LogP contribution in [0.15, 0.2) is 140 Å². The standard InChI is InChI=1S/C41H29N/c1-26-24-38-41(36-17-9-8-13-32(26)36)40-33-14-5-2-10-27(33)20-23-37(40)42(38)31-21-18-28(19-22-31)39-34-15-6-3-11-29(34)25-30-12-4-7-16-35(30)39/h2-25,37,40H,1H3. The fourth-order valence-electron chi connectivity index (χ4n) is 7.68. The van der Waals surface area contributed by atoms with Gasteiger partial charge in [0.1, 0.15) is 0 Å². The van der Waals surface area contributed by atoms with Crippen LogP contribution in [0.25, 0.3) is 49.5 Å². The first kappa shape index (κ1) is 23.6. The van der Waals surface area contributed by atoms with Gasteiger partial charge in [0.05, 0.1) is 6.04 Å². The molecule has 0 bridgehead atoms. The molecule has 0 radical (unpaired) electrons. The Morgan fingerprint density at radius 1 is 0.571 bits per heavy atom. The van der Waals surface area contributed by atoms with E-state index < -0.39 is 0 Å². The molecule has 2 unspecified atom stereocenters. The summed E-state index contributed by atoms with van der Waals surface area (Å²) in [5.41, 5.74) is 10.6. The fraction of sp³-hybridized carbons (Fsp3) is 0.0732. The van der Waals surface area contributed by atoms with Crippen LogP contribution in [0, 0.1) is 6.92 Å². The predicted octanol–water partition coefficient (Wildman–Crippen LogP) is 10.8. The van der Waals surface area contributed by atoms with Crippen LogP contribution >= 0.6 is 0 Å². The van der Waals surface area contributed by atoms with Crippen molar-refractivity contribution in [2.45, 2.75) is 18.9 Å². The topological polar surface area (TPSA) is 3.24 Å². The minimum Gasteiger partial charge on any atom is -0.333 e. The summed E-state index contributed by atoms with van der Waals surface area (Å²) in [6, 6.07) is 49.6. The van der Waals surface area contributed by atoms with Gasteiger partial charge in [-0.1, -0.05) is 121 Å². The van der Waals surface area contributed by atoms with Gasteiger partial charge in [0.15, 0.2) is 0 Å². The molecule has 9 rings (SSSR count). The van der Waals surface area contributed by atoms with E-state index in [1.807, 2.05) is 0 Å². The van der Waals surface area contributed by atoms with Gasteiger partial charge in [0, 0.05) is 17.3 Å². The van der Waals surface area contributed by atoms with Crippen LogP contribution in [0.2, 0.25) is 0 Å². The lowest BCUT2D eigenvalue weighted by molar-refractivity contribution is 0.727. The van der Waals surface area contributed by atoms with E-state index in [9.17, 15) is 0 Å². The van der Waals surface area contributed by atoms with Crippen LogP contribution in [-0.2, 0) is 0 Å². The maximum Gasteiger partial charge on any atom is 0.0636 e. The normalized spacial score (nSPS) is 17.0. The third kappa shape index (κ3) is 3.31. The zero-order chi connectivity index (χ0) is 27.8. The van der Waals surface area contributed by atoms with Gasteiger partial charge in [-0.15, -0.1) is 0 Å². The second-order valence-corrected chi connectivity index (χ2v) is 11.7. The van der Waals surface area contributed by atoms with E-state index in [0.717, 1.165) is 0 Å². The van der Waals surface area contributed by atoms with Crippen molar-refractivity contribution in [3.8, 4) is 11.1 Å². The van der Waals surface area contributed by atoms with E-state index in [0.29, 0.717) is 0 Å². The van der Waals surface area contributed by atoms with Crippen molar-refractivity contribution in [1.29, 1.82) is 0 Å². The fourth-order valence-corrected chi connectivity index (χ4v) is 7.68. The van der Waals surface area contributed by atoms with E-state index in [4.69, 9.17) is 0 Å². The molecule has 0 fully saturated rings. The average molecular weight is 536 g/mol. The zero-order valence-corrected chi connectivity index (χ0v) is 23.5. The van der Waals surface area contributed by atoms with Crippen molar-refractivity contribution >= 4 is 49.8 Å². The molecule has 2 atom stereocenters. The summed E-state index contributed by atoms with van der Waals surface area (Å²) in [6.07, 6.45) is 4.74. The largest absolute Gasteiger partial charge is 0.333 e. The van der Waals surface area contributed by atoms with Crippen LogP contribution in [-0.4, -0.2) is 6.04 Å². The third-order valence-electron chi connectivity index (χ3n) is 9.49. The van der Waals surface area contributed by atoms with Gasteiger partial charge in [-0.2, -0.15) is 0 Å². The van der Waals surface area contributed by atoms with Crippen LogP contribution in [0.5, 0.6) is 0 Å². The molecule has 1 heteroatoms. The summed E-state index contributed by atoms with van der Waals surface area (Å²) in [6.45, 7) is 2.25. The molecule has 7 aromatic rings. The van der Waals surface area contributed by atoms with Gasteiger partial charge in [0.25, 0.3) is 0 Å². The van der Waals surface area contributed by atoms with Crippen molar-refractivity contribution in [3.05, 3.63) is 162 Å². The number of nitrogens with zero attached hydrogens (tertiary/aromatic N) is 1. The second-order valence-electron chi connectivity index (χ2n) is 11.7. The highest BCUT2D eigenvalue weighted by Gasteiger charge is 2.42. The van der Waals surface area contributed by atoms with E-state index in [1.165, 1.54) is 77.1 Å². The highest BCUT2D eigenvalue weighted by atomic mass is 15.2. The molecule has 1 nitrogen and oxygen atoms in total. The van der Waals surface area contributed by atoms with E-state index >= 15 is 0 Å². The molecule has 1 heterocycles. The van der Waals surface area contributed by atoms with Crippen molar-refractivity contribution in [1.82, 2.24) is 0 Å². The number of fused-ring (bicyclic) bond motifs is 9. The molecule has 1 aliphatic carbocycles. The van der Waals surface area contributed by atoms with Gasteiger partial charge in [-0.3, -0.25) is 0 Å². The molecule has 0 saturated heterocycles. The van der Waals surface area contributed by atoms with Gasteiger partial charge in [-0.05, 0) is 96.9 Å². The SMILES string of the molecule is Cc1cc2c(c3ccccc13)C1c3ccccc3C=CC1N2c1ccc(-c2c3ccccc3cc3ccccc23)cc1. The Balaban J connectivity index is 1.25. The monoisotopic (exact) mass is 535 g/mol. The van der Waals surface area contributed by atoms with Crippen molar-refractivity contribution in [2.75, 3.05) is 4.90 Å². The number of benzene rings is 7. The number of hydrogen-bond donors (Lipinski definition) is 0. The Hall–Kier alpha value is -5.14. The smallest absolute Gasteiger partial charge is 0.0636 e. The average Bonchev–Trinajstić information content (AvgIpc) is 3.38. The summed E-state index contributed by atoms with van der Waals surface area (Å²) in [4.78, 5) is 2.58. The zero-order valence-electron chi connectivity index (χ0n) is 23.5. The van der Waals surface area contributed by atoms with E-state index in [1.54, 1.807) is 0 Å². The van der Waals surface area contributed by atoms with Crippen LogP contribution in [0.4, 0.5) is 11.4 Å². The van der Waals surface area contributed by atoms with Gasteiger partial charge < -0.3 is 4.90 Å². The lowest BCUT2D eigenvalue weighted by Gasteiger charge is -2.31. The highest BCUT2D eigenvalue weighted by molar-refractivity contribution is 6.12. The third-order valence-corrected chi connectivity index (χ3v) is 9.49. The molecule has 0 N–H and O–H groups in total. The molecule has 1 aliphatic heterocycles. The first-order valence-electron chi connectivity index (χ1n) is 14.9. The minimum absolute atomic E-state index is 0.226. The first-order valence-corrected chi connectivity index (χ1v) is 14.9. The van der Waals surface area contributed by atoms with Crippen LogP contribution in [0.3, 0.4) is 0 Å². The Morgan fingerprint density at radius 2 is 1.19 bits per heavy atom. The summed E-state index contributed by atoms with van der Waals surface area (Å²) < 4.78 is 0. The van der Waals surface area contributed by atoms with Crippen LogP contribution in [0.1, 0.15) is 28.2 Å². The van der Waals surface area contributed by atoms with E-state index in [2.05, 4.69) is 157 Å². The number of hydrogen-bond acceptors (Lipinski definition) is 1. The molecular weight excluding hydrogens is 506 g/mol. The predicted molar refractivity (Wildman–Crippen MR) is 179 cm³/mol. The summed E-state index contributed by atoms with van der Waals surface area (Å²) in [5, 5.41) is 7.87. The Morgan fingerprint density at radius 3 is 1.93 bits per heavy atom. The van der Waals surface area contributed by atoms with Gasteiger partial charge >= 0.3 is 0 Å². The quantitative estimate of drug-likeness (QED) is 0.199. The summed E-state index contributed by atoms with van der Waals surface area (Å²) in [7, 11) is 0. The van der Waals surface area contributed by atoms with Crippen molar-refractivity contribution in [2.24, 2.45) is 0 Å². The number of rotatable bonds is 2. The molecule has 2 aliphatic rings. The van der Waals surface area contributed by atoms with Crippen molar-refractivity contribution in [3.63, 3.8) is 0 Å². The molecule has 0 amide bonds. The summed E-state index contributed by atoms with van der Waals surface area (Å²) in [5.74, 6) is 0.286. The highest BCUT2D eigenvalue weighted by Crippen LogP contribution is 2.54. The maximum atomic E-state index is 2.58. The number of anilines is 2. The molecular formula is C41H29N. The Kier molecular flexibility index (Phi) is 5.01. The van der Waals surface area contributed by atoms with Crippen molar-refractivity contribution < 1.29 is 0 Å². The lowest BCUT2D eigenvalue weighted by atomic mass is 9.79. The lowest BCUT2D eigenvalue weighted by Crippen LogP contribution is -2.30. The maximum absolute atomic E-state index is 2.58. The molecule has 0 saturated carbocycles. The van der Waals surface area contributed by atoms with E-state index in [-0.39, 0.29) is 12.0 Å². The van der Waals surface area contributed by atoms with Gasteiger partial charge in [0.2, 0.25) is 0 Å². The minimum atomic E-state index is 0.226. The Bertz CT molecular complexity index is 2170. The molecule has 42 heavy (non-hydrogen) atoms. The second kappa shape index (κ2) is 8.93. The summed E-state index contributed by atoms with van der Waals surface area (Å²) >= 11 is 0.